The first kappa shape index (κ1) is 12.8. The molecular formula is C16H13BrO. The lowest BCUT2D eigenvalue weighted by atomic mass is 10.00. The third-order valence-corrected chi connectivity index (χ3v) is 3.17. The van der Waals surface area contributed by atoms with Crippen molar-refractivity contribution in [3.05, 3.63) is 70.2 Å². The highest BCUT2D eigenvalue weighted by molar-refractivity contribution is 9.10. The zero-order valence-electron chi connectivity index (χ0n) is 10.1. The van der Waals surface area contributed by atoms with Gasteiger partial charge in [-0.2, -0.15) is 0 Å². The first-order valence-electron chi connectivity index (χ1n) is 5.70. The molecule has 18 heavy (non-hydrogen) atoms. The van der Waals surface area contributed by atoms with Gasteiger partial charge in [-0.05, 0) is 36.3 Å². The molecule has 1 nitrogen and oxygen atoms in total. The lowest BCUT2D eigenvalue weighted by molar-refractivity contribution is -0.111. The Labute approximate surface area is 115 Å². The number of hydrogen-bond acceptors (Lipinski definition) is 1. The lowest BCUT2D eigenvalue weighted by Crippen LogP contribution is -1.95. The van der Waals surface area contributed by atoms with Crippen molar-refractivity contribution in [2.45, 2.75) is 6.92 Å². The molecule has 0 aliphatic rings. The van der Waals surface area contributed by atoms with Gasteiger partial charge in [0.15, 0.2) is 5.78 Å². The van der Waals surface area contributed by atoms with E-state index in [9.17, 15) is 4.79 Å². The van der Waals surface area contributed by atoms with Crippen LogP contribution >= 0.6 is 15.9 Å². The Morgan fingerprint density at radius 2 is 1.61 bits per heavy atom. The van der Waals surface area contributed by atoms with Crippen molar-refractivity contribution < 1.29 is 4.79 Å². The van der Waals surface area contributed by atoms with Crippen LogP contribution in [-0.4, -0.2) is 5.78 Å². The van der Waals surface area contributed by atoms with Crippen LogP contribution in [-0.2, 0) is 4.79 Å². The maximum absolute atomic E-state index is 11.7. The van der Waals surface area contributed by atoms with Crippen LogP contribution in [0, 0.1) is 0 Å². The van der Waals surface area contributed by atoms with Gasteiger partial charge >= 0.3 is 0 Å². The molecule has 2 rings (SSSR count). The molecule has 0 fully saturated rings. The second-order valence-corrected chi connectivity index (χ2v) is 4.95. The van der Waals surface area contributed by atoms with Crippen LogP contribution in [0.3, 0.4) is 0 Å². The highest BCUT2D eigenvalue weighted by atomic mass is 79.9. The van der Waals surface area contributed by atoms with Gasteiger partial charge < -0.3 is 0 Å². The molecule has 0 atom stereocenters. The number of carbonyl (C=O) groups excluding carboxylic acids is 1. The Kier molecular flexibility index (Phi) is 4.11. The van der Waals surface area contributed by atoms with Gasteiger partial charge in [-0.25, -0.2) is 0 Å². The summed E-state index contributed by atoms with van der Waals surface area (Å²) in [5.74, 6) is 0.0733. The highest BCUT2D eigenvalue weighted by Gasteiger charge is 2.06. The minimum atomic E-state index is 0.0733. The minimum Gasteiger partial charge on any atom is -0.294 e. The van der Waals surface area contributed by atoms with Crippen molar-refractivity contribution in [1.29, 1.82) is 0 Å². The molecule has 90 valence electrons. The van der Waals surface area contributed by atoms with E-state index in [1.807, 2.05) is 60.7 Å². The first-order valence-corrected chi connectivity index (χ1v) is 6.50. The molecule has 0 unspecified atom stereocenters. The second-order valence-electron chi connectivity index (χ2n) is 4.03. The number of benzene rings is 2. The molecule has 2 heteroatoms. The number of rotatable bonds is 3. The van der Waals surface area contributed by atoms with Crippen LogP contribution in [0.4, 0.5) is 0 Å². The Morgan fingerprint density at radius 1 is 1.00 bits per heavy atom. The second kappa shape index (κ2) is 5.78. The van der Waals surface area contributed by atoms with E-state index in [1.165, 1.54) is 0 Å². The maximum atomic E-state index is 11.7. The Balaban J connectivity index is 2.43. The fourth-order valence-corrected chi connectivity index (χ4v) is 2.00. The van der Waals surface area contributed by atoms with E-state index in [4.69, 9.17) is 0 Å². The molecule has 0 amide bonds. The average Bonchev–Trinajstić information content (AvgIpc) is 2.38. The third kappa shape index (κ3) is 3.17. The summed E-state index contributed by atoms with van der Waals surface area (Å²) in [5, 5.41) is 0. The lowest BCUT2D eigenvalue weighted by Gasteiger charge is -2.04. The van der Waals surface area contributed by atoms with Gasteiger partial charge in [0.25, 0.3) is 0 Å². The van der Waals surface area contributed by atoms with Crippen LogP contribution in [0.15, 0.2) is 59.1 Å². The normalized spacial score (nSPS) is 11.3. The maximum Gasteiger partial charge on any atom is 0.160 e. The Bertz CT molecular complexity index is 568. The summed E-state index contributed by atoms with van der Waals surface area (Å²) in [5.41, 5.74) is 2.71. The number of Topliss-reactive ketones (excluding diaryl/α,β-unsaturated/α-hetero) is 1. The van der Waals surface area contributed by atoms with E-state index in [-0.39, 0.29) is 5.78 Å². The molecule has 0 saturated heterocycles. The summed E-state index contributed by atoms with van der Waals surface area (Å²) in [6.07, 6.45) is 1.92. The van der Waals surface area contributed by atoms with E-state index >= 15 is 0 Å². The summed E-state index contributed by atoms with van der Waals surface area (Å²) in [4.78, 5) is 11.7. The number of allylic oxidation sites excluding steroid dienone is 1. The summed E-state index contributed by atoms with van der Waals surface area (Å²) in [6.45, 7) is 1.59. The molecule has 2 aromatic rings. The van der Waals surface area contributed by atoms with Gasteiger partial charge in [-0.1, -0.05) is 58.4 Å². The topological polar surface area (TPSA) is 17.1 Å². The van der Waals surface area contributed by atoms with Crippen LogP contribution in [0.2, 0.25) is 0 Å². The van der Waals surface area contributed by atoms with Crippen LogP contribution in [0.1, 0.15) is 18.1 Å². The molecule has 2 aromatic carbocycles. The van der Waals surface area contributed by atoms with Gasteiger partial charge in [-0.15, -0.1) is 0 Å². The molecule has 0 aromatic heterocycles. The van der Waals surface area contributed by atoms with Gasteiger partial charge in [-0.3, -0.25) is 4.79 Å². The van der Waals surface area contributed by atoms with Gasteiger partial charge in [0.05, 0.1) is 0 Å². The molecule has 0 aliphatic heterocycles. The summed E-state index contributed by atoms with van der Waals surface area (Å²) in [6, 6.07) is 17.6. The standard InChI is InChI=1S/C16H13BrO/c1-12(18)16(14-5-3-2-4-6-14)11-13-7-9-15(17)10-8-13/h2-11H,1H3/b16-11-. The van der Waals surface area contributed by atoms with Crippen molar-refractivity contribution in [3.63, 3.8) is 0 Å². The highest BCUT2D eigenvalue weighted by Crippen LogP contribution is 2.20. The number of halogens is 1. The van der Waals surface area contributed by atoms with Crippen LogP contribution in [0.25, 0.3) is 11.6 Å². The van der Waals surface area contributed by atoms with Crippen molar-refractivity contribution in [2.75, 3.05) is 0 Å². The average molecular weight is 301 g/mol. The fraction of sp³-hybridized carbons (Fsp3) is 0.0625. The SMILES string of the molecule is CC(=O)/C(=C/c1ccc(Br)cc1)c1ccccc1. The molecule has 0 N–H and O–H groups in total. The largest absolute Gasteiger partial charge is 0.294 e. The smallest absolute Gasteiger partial charge is 0.160 e. The van der Waals surface area contributed by atoms with E-state index in [1.54, 1.807) is 6.92 Å². The first-order chi connectivity index (χ1) is 8.66. The fourth-order valence-electron chi connectivity index (χ4n) is 1.73. The van der Waals surface area contributed by atoms with E-state index in [0.29, 0.717) is 0 Å². The predicted octanol–water partition coefficient (Wildman–Crippen LogP) is 4.58. The molecule has 0 heterocycles. The summed E-state index contributed by atoms with van der Waals surface area (Å²) >= 11 is 3.40. The van der Waals surface area contributed by atoms with Crippen molar-refractivity contribution in [1.82, 2.24) is 0 Å². The van der Waals surface area contributed by atoms with E-state index < -0.39 is 0 Å². The van der Waals surface area contributed by atoms with Crippen LogP contribution in [0.5, 0.6) is 0 Å². The third-order valence-electron chi connectivity index (χ3n) is 2.65. The Morgan fingerprint density at radius 3 is 2.17 bits per heavy atom. The minimum absolute atomic E-state index is 0.0733. The quantitative estimate of drug-likeness (QED) is 0.599. The Hall–Kier alpha value is -1.67. The van der Waals surface area contributed by atoms with Crippen LogP contribution < -0.4 is 0 Å². The van der Waals surface area contributed by atoms with Gasteiger partial charge in [0, 0.05) is 10.0 Å². The van der Waals surface area contributed by atoms with Crippen molar-refractivity contribution in [3.8, 4) is 0 Å². The van der Waals surface area contributed by atoms with E-state index in [0.717, 1.165) is 21.2 Å². The molecule has 0 spiro atoms. The monoisotopic (exact) mass is 300 g/mol. The predicted molar refractivity (Wildman–Crippen MR) is 79.1 cm³/mol. The van der Waals surface area contributed by atoms with Crippen molar-refractivity contribution in [2.24, 2.45) is 0 Å². The zero-order chi connectivity index (χ0) is 13.0. The van der Waals surface area contributed by atoms with Crippen molar-refractivity contribution >= 4 is 33.4 Å². The number of ketones is 1. The van der Waals surface area contributed by atoms with E-state index in [2.05, 4.69) is 15.9 Å². The molecule has 0 aliphatic carbocycles. The van der Waals surface area contributed by atoms with Gasteiger partial charge in [0.1, 0.15) is 0 Å². The molecule has 0 saturated carbocycles. The summed E-state index contributed by atoms with van der Waals surface area (Å²) in [7, 11) is 0. The molecular weight excluding hydrogens is 288 g/mol. The number of carbonyl (C=O) groups is 1. The zero-order valence-corrected chi connectivity index (χ0v) is 11.6. The number of hydrogen-bond donors (Lipinski definition) is 0. The molecule has 0 radical (unpaired) electrons. The molecule has 0 bridgehead atoms. The van der Waals surface area contributed by atoms with Gasteiger partial charge in [0.2, 0.25) is 0 Å². The summed E-state index contributed by atoms with van der Waals surface area (Å²) < 4.78 is 1.03.